The van der Waals surface area contributed by atoms with Crippen molar-refractivity contribution in [2.45, 2.75) is 12.5 Å². The highest BCUT2D eigenvalue weighted by atomic mass is 35.5. The van der Waals surface area contributed by atoms with Crippen LogP contribution in [0.1, 0.15) is 37.9 Å². The number of imide groups is 1. The fraction of sp³-hybridized carbons (Fsp3) is 0.154. The van der Waals surface area contributed by atoms with Gasteiger partial charge in [-0.25, -0.2) is 9.97 Å². The lowest BCUT2D eigenvalue weighted by atomic mass is 9.92. The zero-order valence-electron chi connectivity index (χ0n) is 17.6. The summed E-state index contributed by atoms with van der Waals surface area (Å²) in [5.41, 5.74) is 4.62. The maximum absolute atomic E-state index is 13.1. The Morgan fingerprint density at radius 1 is 0.818 bits per heavy atom. The number of amides is 2. The predicted molar refractivity (Wildman–Crippen MR) is 127 cm³/mol. The lowest BCUT2D eigenvalue weighted by molar-refractivity contribution is 0.0642. The average Bonchev–Trinajstić information content (AvgIpc) is 3.09. The molecule has 3 aromatic carbocycles. The van der Waals surface area contributed by atoms with E-state index in [1.165, 1.54) is 10.5 Å². The maximum Gasteiger partial charge on any atom is 0.261 e. The van der Waals surface area contributed by atoms with E-state index >= 15 is 0 Å². The standard InChI is InChI=1S/C26H19ClN4O2/c27-23-24(29-21-12-6-5-11-20(21)28-23)30-14-13-16-7-1-2-8-17(16)22(30)15-31-25(32)18-9-3-4-10-19(18)26(31)33/h1-12,22H,13-15H2. The SMILES string of the molecule is O=C1c2ccccc2C(=O)N1CC1c2ccccc2CCN1c1nc2ccccc2nc1Cl. The minimum Gasteiger partial charge on any atom is -0.345 e. The van der Waals surface area contributed by atoms with E-state index in [1.807, 2.05) is 42.5 Å². The van der Waals surface area contributed by atoms with Crippen LogP contribution in [0.15, 0.2) is 72.8 Å². The highest BCUT2D eigenvalue weighted by Crippen LogP contribution is 2.38. The number of halogens is 1. The zero-order chi connectivity index (χ0) is 22.5. The molecule has 2 amide bonds. The van der Waals surface area contributed by atoms with Gasteiger partial charge in [0.2, 0.25) is 0 Å². The zero-order valence-corrected chi connectivity index (χ0v) is 18.4. The summed E-state index contributed by atoms with van der Waals surface area (Å²) in [6, 6.07) is 22.4. The first kappa shape index (κ1) is 19.9. The number of carbonyl (C=O) groups is 2. The van der Waals surface area contributed by atoms with E-state index in [0.29, 0.717) is 28.6 Å². The quantitative estimate of drug-likeness (QED) is 0.420. The molecule has 33 heavy (non-hydrogen) atoms. The monoisotopic (exact) mass is 454 g/mol. The summed E-state index contributed by atoms with van der Waals surface area (Å²) >= 11 is 6.61. The number of para-hydroxylation sites is 2. The summed E-state index contributed by atoms with van der Waals surface area (Å²) < 4.78 is 0. The Hall–Kier alpha value is -3.77. The number of nitrogens with zero attached hydrogens (tertiary/aromatic N) is 4. The van der Waals surface area contributed by atoms with E-state index in [1.54, 1.807) is 24.3 Å². The van der Waals surface area contributed by atoms with Crippen LogP contribution < -0.4 is 4.90 Å². The van der Waals surface area contributed by atoms with Crippen molar-refractivity contribution in [2.24, 2.45) is 0 Å². The number of aromatic nitrogens is 2. The lowest BCUT2D eigenvalue weighted by Gasteiger charge is -2.39. The Kier molecular flexibility index (Phi) is 4.62. The van der Waals surface area contributed by atoms with Crippen molar-refractivity contribution in [1.29, 1.82) is 0 Å². The molecule has 2 aliphatic rings. The van der Waals surface area contributed by atoms with Gasteiger partial charge in [-0.15, -0.1) is 0 Å². The fourth-order valence-corrected chi connectivity index (χ4v) is 5.07. The van der Waals surface area contributed by atoms with Crippen molar-refractivity contribution in [3.63, 3.8) is 0 Å². The van der Waals surface area contributed by atoms with E-state index < -0.39 is 0 Å². The number of hydrogen-bond donors (Lipinski definition) is 0. The number of benzene rings is 3. The normalized spacial score (nSPS) is 17.4. The molecule has 1 atom stereocenters. The topological polar surface area (TPSA) is 66.4 Å². The van der Waals surface area contributed by atoms with Gasteiger partial charge in [-0.3, -0.25) is 14.5 Å². The van der Waals surface area contributed by atoms with Gasteiger partial charge >= 0.3 is 0 Å². The molecule has 0 aliphatic carbocycles. The third-order valence-corrected chi connectivity index (χ3v) is 6.68. The molecule has 1 aromatic heterocycles. The van der Waals surface area contributed by atoms with Crippen molar-refractivity contribution in [3.8, 4) is 0 Å². The number of hydrogen-bond acceptors (Lipinski definition) is 5. The van der Waals surface area contributed by atoms with Gasteiger partial charge in [0, 0.05) is 6.54 Å². The van der Waals surface area contributed by atoms with Crippen LogP contribution in [-0.2, 0) is 6.42 Å². The third-order valence-electron chi connectivity index (χ3n) is 6.43. The third kappa shape index (κ3) is 3.17. The molecule has 1 unspecified atom stereocenters. The molecule has 0 N–H and O–H groups in total. The molecule has 0 bridgehead atoms. The van der Waals surface area contributed by atoms with Crippen molar-refractivity contribution in [2.75, 3.05) is 18.0 Å². The Morgan fingerprint density at radius 3 is 2.15 bits per heavy atom. The molecule has 0 spiro atoms. The number of anilines is 1. The first-order valence-corrected chi connectivity index (χ1v) is 11.2. The van der Waals surface area contributed by atoms with E-state index in [-0.39, 0.29) is 24.4 Å². The second kappa shape index (κ2) is 7.67. The predicted octanol–water partition coefficient (Wildman–Crippen LogP) is 4.68. The molecule has 0 saturated heterocycles. The molecular weight excluding hydrogens is 436 g/mol. The maximum atomic E-state index is 13.1. The summed E-state index contributed by atoms with van der Waals surface area (Å²) in [5.74, 6) is 0.0232. The van der Waals surface area contributed by atoms with Crippen LogP contribution in [-0.4, -0.2) is 39.8 Å². The second-order valence-electron chi connectivity index (χ2n) is 8.25. The molecule has 162 valence electrons. The minimum atomic E-state index is -0.287. The van der Waals surface area contributed by atoms with Crippen LogP contribution in [0, 0.1) is 0 Å². The van der Waals surface area contributed by atoms with Crippen LogP contribution in [0.5, 0.6) is 0 Å². The van der Waals surface area contributed by atoms with Crippen molar-refractivity contribution in [1.82, 2.24) is 14.9 Å². The summed E-state index contributed by atoms with van der Waals surface area (Å²) in [7, 11) is 0. The Bertz CT molecular complexity index is 1400. The van der Waals surface area contributed by atoms with Crippen LogP contribution in [0.25, 0.3) is 11.0 Å². The van der Waals surface area contributed by atoms with E-state index in [0.717, 1.165) is 23.0 Å². The van der Waals surface area contributed by atoms with Gasteiger partial charge in [0.15, 0.2) is 11.0 Å². The first-order valence-electron chi connectivity index (χ1n) is 10.8. The van der Waals surface area contributed by atoms with Gasteiger partial charge < -0.3 is 4.90 Å². The molecule has 6 rings (SSSR count). The first-order chi connectivity index (χ1) is 16.1. The molecule has 3 heterocycles. The molecule has 0 radical (unpaired) electrons. The fourth-order valence-electron chi connectivity index (χ4n) is 4.83. The Labute approximate surface area is 195 Å². The number of carbonyl (C=O) groups excluding carboxylic acids is 2. The van der Waals surface area contributed by atoms with Crippen molar-refractivity contribution >= 4 is 40.3 Å². The minimum absolute atomic E-state index is 0.203. The van der Waals surface area contributed by atoms with Crippen molar-refractivity contribution in [3.05, 3.63) is 100 Å². The summed E-state index contributed by atoms with van der Waals surface area (Å²) in [5, 5.41) is 0.306. The molecule has 7 heteroatoms. The lowest BCUT2D eigenvalue weighted by Crippen LogP contribution is -2.44. The van der Waals surface area contributed by atoms with Crippen LogP contribution in [0.3, 0.4) is 0 Å². The summed E-state index contributed by atoms with van der Waals surface area (Å²) in [4.78, 5) is 39.0. The number of rotatable bonds is 3. The summed E-state index contributed by atoms with van der Waals surface area (Å²) in [6.45, 7) is 0.853. The average molecular weight is 455 g/mol. The molecule has 4 aromatic rings. The molecule has 6 nitrogen and oxygen atoms in total. The molecule has 2 aliphatic heterocycles. The number of fused-ring (bicyclic) bond motifs is 3. The summed E-state index contributed by atoms with van der Waals surface area (Å²) in [6.07, 6.45) is 0.805. The van der Waals surface area contributed by atoms with Crippen LogP contribution in [0.2, 0.25) is 5.15 Å². The smallest absolute Gasteiger partial charge is 0.261 e. The van der Waals surface area contributed by atoms with Gasteiger partial charge in [-0.1, -0.05) is 60.1 Å². The van der Waals surface area contributed by atoms with Crippen LogP contribution >= 0.6 is 11.6 Å². The molecule has 0 saturated carbocycles. The Morgan fingerprint density at radius 2 is 1.42 bits per heavy atom. The highest BCUT2D eigenvalue weighted by molar-refractivity contribution is 6.32. The second-order valence-corrected chi connectivity index (χ2v) is 8.61. The van der Waals surface area contributed by atoms with E-state index in [9.17, 15) is 9.59 Å². The van der Waals surface area contributed by atoms with Gasteiger partial charge in [0.05, 0.1) is 34.7 Å². The molecular formula is C26H19ClN4O2. The molecule has 0 fully saturated rings. The van der Waals surface area contributed by atoms with Gasteiger partial charge in [0.25, 0.3) is 11.8 Å². The van der Waals surface area contributed by atoms with Crippen LogP contribution in [0.4, 0.5) is 5.82 Å². The van der Waals surface area contributed by atoms with Gasteiger partial charge in [-0.2, -0.15) is 0 Å². The largest absolute Gasteiger partial charge is 0.345 e. The van der Waals surface area contributed by atoms with Gasteiger partial charge in [-0.05, 0) is 41.8 Å². The Balaban J connectivity index is 1.44. The van der Waals surface area contributed by atoms with Gasteiger partial charge in [0.1, 0.15) is 0 Å². The van der Waals surface area contributed by atoms with E-state index in [4.69, 9.17) is 16.6 Å². The van der Waals surface area contributed by atoms with Crippen molar-refractivity contribution < 1.29 is 9.59 Å². The highest BCUT2D eigenvalue weighted by Gasteiger charge is 2.40. The van der Waals surface area contributed by atoms with E-state index in [2.05, 4.69) is 16.0 Å².